The molecule has 0 aliphatic rings. The van der Waals surface area contributed by atoms with Crippen LogP contribution in [-0.4, -0.2) is 25.8 Å². The fourth-order valence-electron chi connectivity index (χ4n) is 2.55. The van der Waals surface area contributed by atoms with Crippen molar-refractivity contribution in [3.8, 4) is 17.2 Å². The number of carbonyl (C=O) groups excluding carboxylic acids is 1. The summed E-state index contributed by atoms with van der Waals surface area (Å²) in [5, 5.41) is 4.49. The second-order valence-corrected chi connectivity index (χ2v) is 6.76. The Morgan fingerprint density at radius 2 is 1.84 bits per heavy atom. The van der Waals surface area contributed by atoms with E-state index in [2.05, 4.69) is 10.5 Å². The van der Waals surface area contributed by atoms with E-state index in [0.29, 0.717) is 33.4 Å². The molecule has 0 heterocycles. The van der Waals surface area contributed by atoms with Gasteiger partial charge in [0.2, 0.25) is 0 Å². The predicted octanol–water partition coefficient (Wildman–Crippen LogP) is 4.60. The van der Waals surface area contributed by atoms with E-state index in [1.54, 1.807) is 60.7 Å². The Bertz CT molecular complexity index is 1060. The molecule has 0 fully saturated rings. The fourth-order valence-corrected chi connectivity index (χ4v) is 2.67. The van der Waals surface area contributed by atoms with E-state index in [9.17, 15) is 9.18 Å². The van der Waals surface area contributed by atoms with Crippen LogP contribution in [0.1, 0.15) is 11.1 Å². The molecule has 3 aromatic rings. The van der Waals surface area contributed by atoms with Gasteiger partial charge in [0.1, 0.15) is 18.2 Å². The molecule has 0 aliphatic heterocycles. The van der Waals surface area contributed by atoms with Crippen molar-refractivity contribution in [2.75, 3.05) is 13.7 Å². The lowest BCUT2D eigenvalue weighted by Gasteiger charge is -2.11. The van der Waals surface area contributed by atoms with Gasteiger partial charge in [0, 0.05) is 10.6 Å². The summed E-state index contributed by atoms with van der Waals surface area (Å²) >= 11 is 5.80. The van der Waals surface area contributed by atoms with Gasteiger partial charge in [-0.25, -0.2) is 9.82 Å². The average Bonchev–Trinajstić information content (AvgIpc) is 2.78. The minimum absolute atomic E-state index is 0.0696. The van der Waals surface area contributed by atoms with Crippen molar-refractivity contribution in [2.45, 2.75) is 6.61 Å². The number of nitrogens with zero attached hydrogens (tertiary/aromatic N) is 1. The largest absolute Gasteiger partial charge is 0.493 e. The maximum atomic E-state index is 13.7. The molecule has 0 bridgehead atoms. The zero-order valence-corrected chi connectivity index (χ0v) is 17.4. The van der Waals surface area contributed by atoms with Crippen LogP contribution in [0.4, 0.5) is 4.39 Å². The quantitative estimate of drug-likeness (QED) is 0.388. The Morgan fingerprint density at radius 1 is 1.06 bits per heavy atom. The van der Waals surface area contributed by atoms with Crippen molar-refractivity contribution >= 4 is 23.7 Å². The molecule has 0 spiro atoms. The van der Waals surface area contributed by atoms with E-state index < -0.39 is 5.91 Å². The smallest absolute Gasteiger partial charge is 0.277 e. The fraction of sp³-hybridized carbons (Fsp3) is 0.130. The van der Waals surface area contributed by atoms with Crippen LogP contribution >= 0.6 is 11.6 Å². The van der Waals surface area contributed by atoms with Gasteiger partial charge in [0.15, 0.2) is 18.1 Å². The topological polar surface area (TPSA) is 69.2 Å². The Balaban J connectivity index is 1.52. The number of hydrogen-bond donors (Lipinski definition) is 1. The van der Waals surface area contributed by atoms with Crippen molar-refractivity contribution in [3.63, 3.8) is 0 Å². The normalized spacial score (nSPS) is 10.7. The molecule has 1 N–H and O–H groups in total. The number of ether oxygens (including phenoxy) is 3. The lowest BCUT2D eigenvalue weighted by molar-refractivity contribution is -0.123. The second-order valence-electron chi connectivity index (χ2n) is 6.33. The second kappa shape index (κ2) is 11.0. The molecule has 0 saturated carbocycles. The van der Waals surface area contributed by atoms with E-state index in [1.165, 1.54) is 19.4 Å². The summed E-state index contributed by atoms with van der Waals surface area (Å²) < 4.78 is 30.1. The van der Waals surface area contributed by atoms with Crippen LogP contribution < -0.4 is 19.6 Å². The lowest BCUT2D eigenvalue weighted by Crippen LogP contribution is -2.24. The number of methoxy groups -OCH3 is 1. The van der Waals surface area contributed by atoms with Crippen molar-refractivity contribution in [2.24, 2.45) is 5.10 Å². The lowest BCUT2D eigenvalue weighted by atomic mass is 10.2. The minimum Gasteiger partial charge on any atom is -0.493 e. The molecule has 0 atom stereocenters. The molecule has 0 unspecified atom stereocenters. The van der Waals surface area contributed by atoms with Gasteiger partial charge in [-0.3, -0.25) is 4.79 Å². The molecule has 1 amide bonds. The van der Waals surface area contributed by atoms with E-state index in [0.717, 1.165) is 0 Å². The van der Waals surface area contributed by atoms with Crippen molar-refractivity contribution in [1.82, 2.24) is 5.43 Å². The highest BCUT2D eigenvalue weighted by atomic mass is 35.5. The highest BCUT2D eigenvalue weighted by Crippen LogP contribution is 2.28. The van der Waals surface area contributed by atoms with Crippen LogP contribution in [0.15, 0.2) is 71.8 Å². The highest BCUT2D eigenvalue weighted by molar-refractivity contribution is 6.30. The number of benzene rings is 3. The highest BCUT2D eigenvalue weighted by Gasteiger charge is 2.08. The minimum atomic E-state index is -0.414. The molecule has 0 aromatic heterocycles. The van der Waals surface area contributed by atoms with Crippen LogP contribution in [0.3, 0.4) is 0 Å². The summed E-state index contributed by atoms with van der Waals surface area (Å²) in [6.07, 6.45) is 1.46. The van der Waals surface area contributed by atoms with Gasteiger partial charge in [0.05, 0.1) is 13.3 Å². The number of halogens is 2. The van der Waals surface area contributed by atoms with Crippen molar-refractivity contribution < 1.29 is 23.4 Å². The number of hydrazone groups is 1. The van der Waals surface area contributed by atoms with Gasteiger partial charge in [-0.2, -0.15) is 5.10 Å². The summed E-state index contributed by atoms with van der Waals surface area (Å²) in [7, 11) is 1.50. The molecule has 3 aromatic carbocycles. The number of carbonyl (C=O) groups is 1. The maximum Gasteiger partial charge on any atom is 0.277 e. The molecule has 31 heavy (non-hydrogen) atoms. The first-order valence-corrected chi connectivity index (χ1v) is 9.67. The molecule has 3 rings (SSSR count). The Labute approximate surface area is 184 Å². The van der Waals surface area contributed by atoms with Gasteiger partial charge < -0.3 is 14.2 Å². The summed E-state index contributed by atoms with van der Waals surface area (Å²) in [4.78, 5) is 11.8. The third kappa shape index (κ3) is 6.72. The molecular formula is C23H20ClFN2O4. The molecule has 8 heteroatoms. The molecule has 0 aliphatic carbocycles. The summed E-state index contributed by atoms with van der Waals surface area (Å²) in [6, 6.07) is 18.2. The van der Waals surface area contributed by atoms with Gasteiger partial charge in [-0.05, 0) is 54.1 Å². The van der Waals surface area contributed by atoms with Crippen molar-refractivity contribution in [1.29, 1.82) is 0 Å². The van der Waals surface area contributed by atoms with Crippen LogP contribution in [0, 0.1) is 5.82 Å². The van der Waals surface area contributed by atoms with E-state index in [-0.39, 0.29) is 19.0 Å². The Kier molecular flexibility index (Phi) is 7.84. The average molecular weight is 443 g/mol. The number of nitrogens with one attached hydrogen (secondary N) is 1. The van der Waals surface area contributed by atoms with Gasteiger partial charge in [-0.1, -0.05) is 29.8 Å². The monoisotopic (exact) mass is 442 g/mol. The number of amides is 1. The zero-order chi connectivity index (χ0) is 22.1. The summed E-state index contributed by atoms with van der Waals surface area (Å²) in [5.74, 6) is 0.698. The molecule has 6 nitrogen and oxygen atoms in total. The summed E-state index contributed by atoms with van der Waals surface area (Å²) in [5.41, 5.74) is 3.50. The first kappa shape index (κ1) is 22.1. The Hall–Kier alpha value is -3.58. The first-order valence-electron chi connectivity index (χ1n) is 9.29. The third-order valence-electron chi connectivity index (χ3n) is 4.12. The summed E-state index contributed by atoms with van der Waals surface area (Å²) in [6.45, 7) is -0.120. The van der Waals surface area contributed by atoms with Crippen LogP contribution in [-0.2, 0) is 11.4 Å². The SMILES string of the molecule is COc1cc(C=NNC(=O)COc2ccc(Cl)cc2)ccc1OCc1ccccc1F. The number of rotatable bonds is 9. The predicted molar refractivity (Wildman–Crippen MR) is 116 cm³/mol. The van der Waals surface area contributed by atoms with E-state index in [4.69, 9.17) is 25.8 Å². The standard InChI is InChI=1S/C23H20ClFN2O4/c1-29-22-12-16(6-11-21(22)31-14-17-4-2-3-5-20(17)25)13-26-27-23(28)15-30-19-9-7-18(24)8-10-19/h2-13H,14-15H2,1H3,(H,27,28). The van der Waals surface area contributed by atoms with Crippen molar-refractivity contribution in [3.05, 3.63) is 88.7 Å². The zero-order valence-electron chi connectivity index (χ0n) is 16.7. The maximum absolute atomic E-state index is 13.7. The Morgan fingerprint density at radius 3 is 2.58 bits per heavy atom. The van der Waals surface area contributed by atoms with Crippen LogP contribution in [0.25, 0.3) is 0 Å². The molecule has 0 saturated heterocycles. The van der Waals surface area contributed by atoms with Gasteiger partial charge >= 0.3 is 0 Å². The third-order valence-corrected chi connectivity index (χ3v) is 4.37. The molecule has 160 valence electrons. The van der Waals surface area contributed by atoms with Gasteiger partial charge in [0.25, 0.3) is 5.91 Å². The van der Waals surface area contributed by atoms with Gasteiger partial charge in [-0.15, -0.1) is 0 Å². The van der Waals surface area contributed by atoms with E-state index in [1.807, 2.05) is 0 Å². The number of hydrogen-bond acceptors (Lipinski definition) is 5. The van der Waals surface area contributed by atoms with E-state index >= 15 is 0 Å². The molecule has 0 radical (unpaired) electrons. The van der Waals surface area contributed by atoms with Crippen LogP contribution in [0.2, 0.25) is 5.02 Å². The molecular weight excluding hydrogens is 423 g/mol. The van der Waals surface area contributed by atoms with Crippen LogP contribution in [0.5, 0.6) is 17.2 Å². The first-order chi connectivity index (χ1) is 15.0.